The minimum atomic E-state index is 0.766. The van der Waals surface area contributed by atoms with Gasteiger partial charge in [0.1, 0.15) is 0 Å². The molecule has 3 aliphatic rings. The Morgan fingerprint density at radius 1 is 0.944 bits per heavy atom. The summed E-state index contributed by atoms with van der Waals surface area (Å²) in [7, 11) is 0. The van der Waals surface area contributed by atoms with Crippen molar-refractivity contribution in [2.24, 2.45) is 11.3 Å². The molecule has 0 aromatic rings. The van der Waals surface area contributed by atoms with E-state index in [1.165, 1.54) is 77.5 Å². The number of piperidine rings is 2. The van der Waals surface area contributed by atoms with Crippen molar-refractivity contribution in [2.75, 3.05) is 26.2 Å². The molecule has 1 spiro atoms. The van der Waals surface area contributed by atoms with Gasteiger partial charge in [-0.05, 0) is 63.1 Å². The van der Waals surface area contributed by atoms with Gasteiger partial charge in [-0.3, -0.25) is 4.90 Å². The highest BCUT2D eigenvalue weighted by Gasteiger charge is 2.37. The minimum Gasteiger partial charge on any atom is -0.315 e. The average Bonchev–Trinajstić information content (AvgIpc) is 2.40. The third-order valence-electron chi connectivity index (χ3n) is 5.84. The van der Waals surface area contributed by atoms with E-state index in [0.717, 1.165) is 17.4 Å². The van der Waals surface area contributed by atoms with Gasteiger partial charge in [0.05, 0.1) is 0 Å². The summed E-state index contributed by atoms with van der Waals surface area (Å²) < 4.78 is 0. The summed E-state index contributed by atoms with van der Waals surface area (Å²) in [6, 6.07) is 0.828. The average molecular weight is 250 g/mol. The number of hydrogen-bond donors (Lipinski definition) is 1. The topological polar surface area (TPSA) is 15.3 Å². The van der Waals surface area contributed by atoms with Crippen molar-refractivity contribution in [3.05, 3.63) is 0 Å². The molecule has 0 aromatic heterocycles. The van der Waals surface area contributed by atoms with Crippen LogP contribution in [-0.4, -0.2) is 37.1 Å². The predicted octanol–water partition coefficient (Wildman–Crippen LogP) is 3.03. The molecule has 3 rings (SSSR count). The molecule has 18 heavy (non-hydrogen) atoms. The fourth-order valence-electron chi connectivity index (χ4n) is 4.57. The first kappa shape index (κ1) is 12.9. The van der Waals surface area contributed by atoms with Crippen molar-refractivity contribution >= 4 is 0 Å². The molecule has 2 unspecified atom stereocenters. The first-order chi connectivity index (χ1) is 8.77. The number of hydrogen-bond acceptors (Lipinski definition) is 2. The lowest BCUT2D eigenvalue weighted by Gasteiger charge is -2.47. The monoisotopic (exact) mass is 250 g/mol. The number of nitrogens with zero attached hydrogens (tertiary/aromatic N) is 1. The zero-order chi connectivity index (χ0) is 12.4. The zero-order valence-electron chi connectivity index (χ0n) is 12.1. The largest absolute Gasteiger partial charge is 0.315 e. The van der Waals surface area contributed by atoms with Crippen LogP contribution in [0.2, 0.25) is 0 Å². The summed E-state index contributed by atoms with van der Waals surface area (Å²) in [6.07, 6.45) is 11.9. The lowest BCUT2D eigenvalue weighted by Crippen LogP contribution is -2.52. The lowest BCUT2D eigenvalue weighted by atomic mass is 9.68. The second-order valence-corrected chi connectivity index (χ2v) is 7.25. The van der Waals surface area contributed by atoms with E-state index in [-0.39, 0.29) is 0 Å². The number of nitrogens with one attached hydrogen (secondary N) is 1. The maximum absolute atomic E-state index is 3.61. The highest BCUT2D eigenvalue weighted by atomic mass is 15.2. The van der Waals surface area contributed by atoms with E-state index >= 15 is 0 Å². The molecular weight excluding hydrogens is 220 g/mol. The van der Waals surface area contributed by atoms with Crippen molar-refractivity contribution in [1.29, 1.82) is 0 Å². The molecule has 1 N–H and O–H groups in total. The van der Waals surface area contributed by atoms with Crippen LogP contribution in [0.5, 0.6) is 0 Å². The van der Waals surface area contributed by atoms with Crippen LogP contribution in [0.4, 0.5) is 0 Å². The molecule has 2 nitrogen and oxygen atoms in total. The van der Waals surface area contributed by atoms with Gasteiger partial charge in [-0.25, -0.2) is 0 Å². The fraction of sp³-hybridized carbons (Fsp3) is 1.00. The molecule has 0 bridgehead atoms. The van der Waals surface area contributed by atoms with Gasteiger partial charge in [-0.15, -0.1) is 0 Å². The summed E-state index contributed by atoms with van der Waals surface area (Å²) in [6.45, 7) is 7.61. The Morgan fingerprint density at radius 3 is 2.33 bits per heavy atom. The maximum Gasteiger partial charge on any atom is 0.0223 e. The second-order valence-electron chi connectivity index (χ2n) is 7.25. The van der Waals surface area contributed by atoms with Crippen LogP contribution >= 0.6 is 0 Å². The summed E-state index contributed by atoms with van der Waals surface area (Å²) in [5.41, 5.74) is 0.766. The third kappa shape index (κ3) is 2.75. The van der Waals surface area contributed by atoms with E-state index in [1.807, 2.05) is 0 Å². The van der Waals surface area contributed by atoms with Crippen LogP contribution in [-0.2, 0) is 0 Å². The van der Waals surface area contributed by atoms with E-state index < -0.39 is 0 Å². The molecular formula is C16H30N2. The van der Waals surface area contributed by atoms with Crippen molar-refractivity contribution in [1.82, 2.24) is 10.2 Å². The Morgan fingerprint density at radius 2 is 1.67 bits per heavy atom. The fourth-order valence-corrected chi connectivity index (χ4v) is 4.57. The van der Waals surface area contributed by atoms with Gasteiger partial charge in [0, 0.05) is 12.6 Å². The molecule has 0 radical (unpaired) electrons. The summed E-state index contributed by atoms with van der Waals surface area (Å²) in [5.74, 6) is 0.870. The van der Waals surface area contributed by atoms with Gasteiger partial charge in [0.25, 0.3) is 0 Å². The molecule has 1 aliphatic carbocycles. The van der Waals surface area contributed by atoms with Crippen LogP contribution < -0.4 is 5.32 Å². The van der Waals surface area contributed by atoms with E-state index in [2.05, 4.69) is 17.1 Å². The standard InChI is InChI=1S/C16H30N2/c1-14-11-15(13-17-12-14)18-9-7-16(8-10-18)5-3-2-4-6-16/h14-15,17H,2-13H2,1H3. The normalized spacial score (nSPS) is 37.8. The first-order valence-corrected chi connectivity index (χ1v) is 8.22. The van der Waals surface area contributed by atoms with Crippen LogP contribution in [0.15, 0.2) is 0 Å². The van der Waals surface area contributed by atoms with E-state index in [0.29, 0.717) is 0 Å². The first-order valence-electron chi connectivity index (χ1n) is 8.22. The second kappa shape index (κ2) is 5.50. The Balaban J connectivity index is 1.53. The molecule has 2 saturated heterocycles. The van der Waals surface area contributed by atoms with Crippen molar-refractivity contribution in [3.8, 4) is 0 Å². The van der Waals surface area contributed by atoms with Gasteiger partial charge in [-0.2, -0.15) is 0 Å². The van der Waals surface area contributed by atoms with Gasteiger partial charge < -0.3 is 5.32 Å². The van der Waals surface area contributed by atoms with Gasteiger partial charge >= 0.3 is 0 Å². The molecule has 2 heterocycles. The maximum atomic E-state index is 3.61. The van der Waals surface area contributed by atoms with E-state index in [1.54, 1.807) is 0 Å². The predicted molar refractivity (Wildman–Crippen MR) is 76.8 cm³/mol. The minimum absolute atomic E-state index is 0.766. The summed E-state index contributed by atoms with van der Waals surface area (Å²) in [4.78, 5) is 2.79. The Kier molecular flexibility index (Phi) is 3.95. The van der Waals surface area contributed by atoms with Gasteiger partial charge in [-0.1, -0.05) is 26.2 Å². The van der Waals surface area contributed by atoms with Crippen molar-refractivity contribution < 1.29 is 0 Å². The molecule has 2 aliphatic heterocycles. The zero-order valence-corrected chi connectivity index (χ0v) is 12.1. The van der Waals surface area contributed by atoms with Crippen LogP contribution in [0.1, 0.15) is 58.3 Å². The van der Waals surface area contributed by atoms with Gasteiger partial charge in [0.2, 0.25) is 0 Å². The SMILES string of the molecule is CC1CNCC(N2CCC3(CCCCC3)CC2)C1. The van der Waals surface area contributed by atoms with E-state index in [9.17, 15) is 0 Å². The summed E-state index contributed by atoms with van der Waals surface area (Å²) in [5, 5.41) is 3.61. The van der Waals surface area contributed by atoms with Gasteiger partial charge in [0.15, 0.2) is 0 Å². The molecule has 3 fully saturated rings. The molecule has 0 aromatic carbocycles. The molecule has 1 saturated carbocycles. The number of rotatable bonds is 1. The highest BCUT2D eigenvalue weighted by molar-refractivity contribution is 4.91. The smallest absolute Gasteiger partial charge is 0.0223 e. The third-order valence-corrected chi connectivity index (χ3v) is 5.84. The highest BCUT2D eigenvalue weighted by Crippen LogP contribution is 2.44. The van der Waals surface area contributed by atoms with Crippen molar-refractivity contribution in [2.45, 2.75) is 64.3 Å². The number of likely N-dealkylation sites (tertiary alicyclic amines) is 1. The van der Waals surface area contributed by atoms with Crippen LogP contribution in [0, 0.1) is 11.3 Å². The van der Waals surface area contributed by atoms with Crippen LogP contribution in [0.3, 0.4) is 0 Å². The summed E-state index contributed by atoms with van der Waals surface area (Å²) >= 11 is 0. The molecule has 2 atom stereocenters. The molecule has 0 amide bonds. The Bertz CT molecular complexity index is 260. The Hall–Kier alpha value is -0.0800. The quantitative estimate of drug-likeness (QED) is 0.769. The lowest BCUT2D eigenvalue weighted by molar-refractivity contribution is 0.0336. The van der Waals surface area contributed by atoms with E-state index in [4.69, 9.17) is 0 Å². The Labute approximate surface area is 113 Å². The van der Waals surface area contributed by atoms with Crippen LogP contribution in [0.25, 0.3) is 0 Å². The molecule has 2 heteroatoms. The van der Waals surface area contributed by atoms with Crippen molar-refractivity contribution in [3.63, 3.8) is 0 Å². The molecule has 104 valence electrons.